The number of fused-ring (bicyclic) bond motifs is 2. The Kier molecular flexibility index (Phi) is 4.26. The van der Waals surface area contributed by atoms with E-state index < -0.39 is 0 Å². The van der Waals surface area contributed by atoms with Crippen LogP contribution in [0.3, 0.4) is 0 Å². The van der Waals surface area contributed by atoms with Gasteiger partial charge in [-0.3, -0.25) is 14.5 Å². The lowest BCUT2D eigenvalue weighted by Crippen LogP contribution is -2.59. The normalized spacial score (nSPS) is 24.3. The molecule has 0 aliphatic carbocycles. The summed E-state index contributed by atoms with van der Waals surface area (Å²) in [4.78, 5) is 34.0. The third-order valence-electron chi connectivity index (χ3n) is 4.54. The highest BCUT2D eigenvalue weighted by Crippen LogP contribution is 2.33. The van der Waals surface area contributed by atoms with E-state index in [1.807, 2.05) is 44.1 Å². The summed E-state index contributed by atoms with van der Waals surface area (Å²) in [5.74, 6) is 0.810. The fourth-order valence-electron chi connectivity index (χ4n) is 3.43. The first kappa shape index (κ1) is 15.8. The highest BCUT2D eigenvalue weighted by molar-refractivity contribution is 6.02. The molecule has 23 heavy (non-hydrogen) atoms. The minimum absolute atomic E-state index is 0.0231. The maximum atomic E-state index is 12.8. The number of nitrogens with one attached hydrogen (secondary N) is 1. The van der Waals surface area contributed by atoms with Crippen LogP contribution >= 0.6 is 0 Å². The molecule has 1 aromatic rings. The number of piperazine rings is 1. The summed E-state index contributed by atoms with van der Waals surface area (Å²) in [7, 11) is 3.91. The van der Waals surface area contributed by atoms with Crippen molar-refractivity contribution in [2.45, 2.75) is 31.8 Å². The van der Waals surface area contributed by atoms with Gasteiger partial charge < -0.3 is 14.8 Å². The van der Waals surface area contributed by atoms with Crippen LogP contribution in [0.15, 0.2) is 24.3 Å². The number of aromatic amines is 1. The summed E-state index contributed by atoms with van der Waals surface area (Å²) in [5.41, 5.74) is 1.03. The van der Waals surface area contributed by atoms with Crippen molar-refractivity contribution in [3.05, 3.63) is 30.0 Å². The lowest BCUT2D eigenvalue weighted by molar-refractivity contribution is -0.138. The summed E-state index contributed by atoms with van der Waals surface area (Å²) in [5, 5.41) is 0. The van der Waals surface area contributed by atoms with Crippen LogP contribution in [0.5, 0.6) is 0 Å². The summed E-state index contributed by atoms with van der Waals surface area (Å²) < 4.78 is 0. The van der Waals surface area contributed by atoms with E-state index in [0.717, 1.165) is 30.9 Å². The molecule has 2 amide bonds. The molecule has 3 heterocycles. The number of amides is 2. The van der Waals surface area contributed by atoms with Crippen LogP contribution in [0, 0.1) is 6.92 Å². The van der Waals surface area contributed by atoms with E-state index >= 15 is 0 Å². The Bertz CT molecular complexity index is 634. The van der Waals surface area contributed by atoms with Gasteiger partial charge in [-0.2, -0.15) is 0 Å². The highest BCUT2D eigenvalue weighted by Gasteiger charge is 2.47. The molecule has 1 N–H and O–H groups in total. The Morgan fingerprint density at radius 2 is 2.17 bits per heavy atom. The second kappa shape index (κ2) is 6.20. The van der Waals surface area contributed by atoms with Gasteiger partial charge in [-0.15, -0.1) is 0 Å². The monoisotopic (exact) mass is 316 g/mol. The Hall–Kier alpha value is -2.08. The molecule has 124 valence electrons. The Balaban J connectivity index is 1.74. The van der Waals surface area contributed by atoms with Crippen molar-refractivity contribution in [2.24, 2.45) is 0 Å². The van der Waals surface area contributed by atoms with E-state index in [4.69, 9.17) is 0 Å². The van der Waals surface area contributed by atoms with E-state index in [9.17, 15) is 9.59 Å². The molecule has 6 nitrogen and oxygen atoms in total. The topological polar surface area (TPSA) is 59.7 Å². The molecule has 0 spiro atoms. The fraction of sp³-hybridized carbons (Fsp3) is 0.529. The smallest absolute Gasteiger partial charge is 0.250 e. The summed E-state index contributed by atoms with van der Waals surface area (Å²) in [6.07, 6.45) is 5.10. The third-order valence-corrected chi connectivity index (χ3v) is 4.54. The lowest BCUT2D eigenvalue weighted by Gasteiger charge is -2.39. The molecule has 2 atom stereocenters. The predicted molar refractivity (Wildman–Crippen MR) is 89.2 cm³/mol. The van der Waals surface area contributed by atoms with Crippen LogP contribution in [0.25, 0.3) is 0 Å². The zero-order valence-electron chi connectivity index (χ0n) is 14.0. The van der Waals surface area contributed by atoms with E-state index in [2.05, 4.69) is 4.98 Å². The summed E-state index contributed by atoms with van der Waals surface area (Å²) >= 11 is 0. The number of aromatic nitrogens is 1. The van der Waals surface area contributed by atoms with Crippen molar-refractivity contribution >= 4 is 17.6 Å². The van der Waals surface area contributed by atoms with Crippen molar-refractivity contribution in [3.8, 4) is 0 Å². The Labute approximate surface area is 136 Å². The fourth-order valence-corrected chi connectivity index (χ4v) is 3.43. The van der Waals surface area contributed by atoms with Gasteiger partial charge in [-0.1, -0.05) is 6.08 Å². The van der Waals surface area contributed by atoms with Crippen molar-refractivity contribution < 1.29 is 9.59 Å². The van der Waals surface area contributed by atoms with E-state index in [-0.39, 0.29) is 23.9 Å². The number of rotatable bonds is 4. The number of anilines is 1. The average Bonchev–Trinajstić information content (AvgIpc) is 3.06. The van der Waals surface area contributed by atoms with Crippen LogP contribution in [0.2, 0.25) is 0 Å². The number of carbonyl (C=O) groups is 2. The quantitative estimate of drug-likeness (QED) is 0.848. The zero-order valence-corrected chi connectivity index (χ0v) is 14.0. The number of hydrogen-bond acceptors (Lipinski definition) is 3. The number of carbonyl (C=O) groups excluding carboxylic acids is 2. The first-order chi connectivity index (χ1) is 11.0. The van der Waals surface area contributed by atoms with Gasteiger partial charge in [0.25, 0.3) is 5.91 Å². The van der Waals surface area contributed by atoms with E-state index in [1.165, 1.54) is 0 Å². The number of nitrogens with zero attached hydrogens (tertiary/aromatic N) is 3. The lowest BCUT2D eigenvalue weighted by atomic mass is 10.1. The van der Waals surface area contributed by atoms with Gasteiger partial charge in [-0.05, 0) is 46.0 Å². The molecule has 0 saturated carbocycles. The van der Waals surface area contributed by atoms with Crippen molar-refractivity contribution in [3.63, 3.8) is 0 Å². The van der Waals surface area contributed by atoms with Crippen LogP contribution in [0.1, 0.15) is 18.5 Å². The van der Waals surface area contributed by atoms with E-state index in [1.54, 1.807) is 15.9 Å². The number of aryl methyl sites for hydroxylation is 1. The molecule has 3 rings (SSSR count). The minimum atomic E-state index is -0.325. The van der Waals surface area contributed by atoms with Crippen LogP contribution in [-0.4, -0.2) is 65.9 Å². The van der Waals surface area contributed by atoms with Gasteiger partial charge in [0, 0.05) is 24.9 Å². The van der Waals surface area contributed by atoms with Crippen molar-refractivity contribution in [1.29, 1.82) is 0 Å². The number of likely N-dealkylation sites (N-methyl/N-ethyl adjacent to an activating group) is 1. The largest absolute Gasteiger partial charge is 0.345 e. The SMILES string of the molecule is Cc1ccc(N2CC3CC[C@@H](C2=O)N3C(=O)/C=C/CN(C)C)[nH]1. The molecule has 2 fully saturated rings. The molecular weight excluding hydrogens is 292 g/mol. The molecule has 2 saturated heterocycles. The minimum Gasteiger partial charge on any atom is -0.345 e. The molecular formula is C17H24N4O2. The summed E-state index contributed by atoms with van der Waals surface area (Å²) in [6.45, 7) is 3.26. The number of H-pyrrole nitrogens is 1. The molecule has 1 aromatic heterocycles. The van der Waals surface area contributed by atoms with Gasteiger partial charge in [0.05, 0.1) is 6.04 Å². The molecule has 0 aromatic carbocycles. The average molecular weight is 316 g/mol. The van der Waals surface area contributed by atoms with Gasteiger partial charge >= 0.3 is 0 Å². The van der Waals surface area contributed by atoms with E-state index in [0.29, 0.717) is 6.54 Å². The Morgan fingerprint density at radius 3 is 2.83 bits per heavy atom. The first-order valence-electron chi connectivity index (χ1n) is 8.08. The maximum Gasteiger partial charge on any atom is 0.250 e. The summed E-state index contributed by atoms with van der Waals surface area (Å²) in [6, 6.07) is 3.68. The Morgan fingerprint density at radius 1 is 1.39 bits per heavy atom. The standard InChI is InChI=1S/C17H24N4O2/c1-12-6-9-15(18-12)20-11-13-7-8-14(17(20)23)21(13)16(22)5-4-10-19(2)3/h4-6,9,13-14,18H,7-8,10-11H2,1-3H3/b5-4+/t13?,14-/m0/s1. The maximum absolute atomic E-state index is 12.8. The molecule has 2 bridgehead atoms. The van der Waals surface area contributed by atoms with Crippen LogP contribution in [-0.2, 0) is 9.59 Å². The zero-order chi connectivity index (χ0) is 16.6. The highest BCUT2D eigenvalue weighted by atomic mass is 16.2. The van der Waals surface area contributed by atoms with Crippen LogP contribution in [0.4, 0.5) is 5.82 Å². The van der Waals surface area contributed by atoms with Gasteiger partial charge in [0.1, 0.15) is 11.9 Å². The molecule has 6 heteroatoms. The van der Waals surface area contributed by atoms with Gasteiger partial charge in [0.15, 0.2) is 0 Å². The second-order valence-electron chi connectivity index (χ2n) is 6.63. The predicted octanol–water partition coefficient (Wildman–Crippen LogP) is 1.15. The van der Waals surface area contributed by atoms with Crippen molar-refractivity contribution in [1.82, 2.24) is 14.8 Å². The molecule has 1 unspecified atom stereocenters. The molecule has 2 aliphatic heterocycles. The van der Waals surface area contributed by atoms with Crippen molar-refractivity contribution in [2.75, 3.05) is 32.1 Å². The first-order valence-corrected chi connectivity index (χ1v) is 8.08. The van der Waals surface area contributed by atoms with Gasteiger partial charge in [0.2, 0.25) is 5.91 Å². The third kappa shape index (κ3) is 3.03. The second-order valence-corrected chi connectivity index (χ2v) is 6.63. The number of hydrogen-bond donors (Lipinski definition) is 1. The molecule has 0 radical (unpaired) electrons. The van der Waals surface area contributed by atoms with Crippen LogP contribution < -0.4 is 4.90 Å². The van der Waals surface area contributed by atoms with Gasteiger partial charge in [-0.25, -0.2) is 0 Å². The molecule has 2 aliphatic rings.